The van der Waals surface area contributed by atoms with Crippen molar-refractivity contribution in [3.8, 4) is 0 Å². The van der Waals surface area contributed by atoms with Crippen molar-refractivity contribution in [1.29, 1.82) is 0 Å². The number of amides is 1. The summed E-state index contributed by atoms with van der Waals surface area (Å²) in [6, 6.07) is 0. The summed E-state index contributed by atoms with van der Waals surface area (Å²) in [5.74, 6) is 0.904. The van der Waals surface area contributed by atoms with Gasteiger partial charge in [0.1, 0.15) is 6.61 Å². The van der Waals surface area contributed by atoms with E-state index in [0.717, 1.165) is 19.0 Å². The number of nitrogens with zero attached hydrogens (tertiary/aromatic N) is 1. The van der Waals surface area contributed by atoms with Gasteiger partial charge in [-0.2, -0.15) is 0 Å². The molecule has 0 spiro atoms. The first-order valence-corrected chi connectivity index (χ1v) is 5.13. The number of likely N-dealkylation sites (N-methyl/N-ethyl adjacent to an activating group) is 1. The zero-order valence-electron chi connectivity index (χ0n) is 8.58. The van der Waals surface area contributed by atoms with Crippen molar-refractivity contribution in [1.82, 2.24) is 4.90 Å². The molecule has 0 N–H and O–H groups in total. The highest BCUT2D eigenvalue weighted by Crippen LogP contribution is 2.29. The van der Waals surface area contributed by atoms with Gasteiger partial charge in [0, 0.05) is 19.7 Å². The maximum Gasteiger partial charge on any atom is 0.248 e. The number of rotatable bonds is 6. The van der Waals surface area contributed by atoms with Crippen LogP contribution in [0.25, 0.3) is 0 Å². The molecule has 3 nitrogen and oxygen atoms in total. The zero-order valence-corrected chi connectivity index (χ0v) is 8.58. The highest BCUT2D eigenvalue weighted by molar-refractivity contribution is 5.77. The molecule has 1 aliphatic rings. The van der Waals surface area contributed by atoms with Crippen molar-refractivity contribution >= 4 is 5.91 Å². The lowest BCUT2D eigenvalue weighted by atomic mass is 10.3. The molecular formula is C10H19NO2. The lowest BCUT2D eigenvalue weighted by Gasteiger charge is -2.20. The number of hydrogen-bond acceptors (Lipinski definition) is 2. The van der Waals surface area contributed by atoms with E-state index in [-0.39, 0.29) is 12.5 Å². The minimum absolute atomic E-state index is 0.135. The fourth-order valence-corrected chi connectivity index (χ4v) is 1.30. The monoisotopic (exact) mass is 185 g/mol. The van der Waals surface area contributed by atoms with Gasteiger partial charge in [-0.15, -0.1) is 0 Å². The van der Waals surface area contributed by atoms with Crippen LogP contribution in [-0.4, -0.2) is 37.1 Å². The summed E-state index contributed by atoms with van der Waals surface area (Å²) in [5.41, 5.74) is 0. The second-order valence-corrected chi connectivity index (χ2v) is 3.51. The van der Waals surface area contributed by atoms with Gasteiger partial charge in [-0.3, -0.25) is 4.79 Å². The Morgan fingerprint density at radius 3 is 2.62 bits per heavy atom. The molecule has 3 heteroatoms. The van der Waals surface area contributed by atoms with Crippen LogP contribution in [0.2, 0.25) is 0 Å². The van der Waals surface area contributed by atoms with Crippen LogP contribution in [-0.2, 0) is 9.53 Å². The van der Waals surface area contributed by atoms with Crippen molar-refractivity contribution in [3.05, 3.63) is 0 Å². The van der Waals surface area contributed by atoms with Crippen LogP contribution >= 0.6 is 0 Å². The first-order chi connectivity index (χ1) is 6.27. The summed E-state index contributed by atoms with van der Waals surface area (Å²) < 4.78 is 5.09. The molecule has 0 heterocycles. The Hall–Kier alpha value is -0.570. The van der Waals surface area contributed by atoms with Gasteiger partial charge in [0.15, 0.2) is 0 Å². The molecule has 0 saturated heterocycles. The van der Waals surface area contributed by atoms with Crippen LogP contribution in [0.1, 0.15) is 26.7 Å². The van der Waals surface area contributed by atoms with Crippen molar-refractivity contribution in [2.75, 3.05) is 26.3 Å². The molecule has 0 bridgehead atoms. The third-order valence-electron chi connectivity index (χ3n) is 2.34. The summed E-state index contributed by atoms with van der Waals surface area (Å²) in [6.45, 7) is 6.53. The van der Waals surface area contributed by atoms with Gasteiger partial charge in [0.25, 0.3) is 0 Å². The Morgan fingerprint density at radius 1 is 1.46 bits per heavy atom. The average molecular weight is 185 g/mol. The van der Waals surface area contributed by atoms with Gasteiger partial charge >= 0.3 is 0 Å². The Labute approximate surface area is 80.1 Å². The summed E-state index contributed by atoms with van der Waals surface area (Å²) in [4.78, 5) is 13.4. The molecule has 0 aromatic rings. The van der Waals surface area contributed by atoms with E-state index in [1.54, 1.807) is 0 Å². The second kappa shape index (κ2) is 5.22. The summed E-state index contributed by atoms with van der Waals surface area (Å²) in [6.07, 6.45) is 2.58. The van der Waals surface area contributed by atoms with E-state index in [0.29, 0.717) is 6.61 Å². The van der Waals surface area contributed by atoms with E-state index in [2.05, 4.69) is 0 Å². The molecule has 76 valence electrons. The number of ether oxygens (including phenoxy) is 1. The zero-order chi connectivity index (χ0) is 9.68. The number of carbonyl (C=O) groups excluding carboxylic acids is 1. The van der Waals surface area contributed by atoms with Gasteiger partial charge in [0.2, 0.25) is 5.91 Å². The molecule has 1 amide bonds. The Kier molecular flexibility index (Phi) is 4.22. The van der Waals surface area contributed by atoms with Gasteiger partial charge in [0.05, 0.1) is 0 Å². The van der Waals surface area contributed by atoms with Crippen molar-refractivity contribution in [2.45, 2.75) is 26.7 Å². The Morgan fingerprint density at radius 2 is 2.15 bits per heavy atom. The molecule has 0 aromatic heterocycles. The molecule has 1 rings (SSSR count). The predicted octanol–water partition coefficient (Wildman–Crippen LogP) is 1.28. The Bertz CT molecular complexity index is 166. The molecule has 0 aliphatic heterocycles. The second-order valence-electron chi connectivity index (χ2n) is 3.51. The molecule has 1 saturated carbocycles. The molecule has 13 heavy (non-hydrogen) atoms. The highest BCUT2D eigenvalue weighted by atomic mass is 16.5. The Balaban J connectivity index is 2.21. The summed E-state index contributed by atoms with van der Waals surface area (Å²) in [7, 11) is 0. The third kappa shape index (κ3) is 3.77. The van der Waals surface area contributed by atoms with E-state index in [9.17, 15) is 4.79 Å². The molecule has 0 unspecified atom stereocenters. The SMILES string of the molecule is CCOCC(=O)N(CC)CC1CC1. The van der Waals surface area contributed by atoms with E-state index >= 15 is 0 Å². The molecule has 0 atom stereocenters. The number of carbonyl (C=O) groups is 1. The van der Waals surface area contributed by atoms with Gasteiger partial charge < -0.3 is 9.64 Å². The fraction of sp³-hybridized carbons (Fsp3) is 0.900. The smallest absolute Gasteiger partial charge is 0.248 e. The van der Waals surface area contributed by atoms with E-state index in [1.807, 2.05) is 18.7 Å². The summed E-state index contributed by atoms with van der Waals surface area (Å²) >= 11 is 0. The highest BCUT2D eigenvalue weighted by Gasteiger charge is 2.25. The van der Waals surface area contributed by atoms with Gasteiger partial charge in [-0.1, -0.05) is 0 Å². The van der Waals surface area contributed by atoms with Gasteiger partial charge in [-0.25, -0.2) is 0 Å². The fourth-order valence-electron chi connectivity index (χ4n) is 1.30. The van der Waals surface area contributed by atoms with E-state index < -0.39 is 0 Å². The minimum Gasteiger partial charge on any atom is -0.372 e. The van der Waals surface area contributed by atoms with Crippen LogP contribution in [0.5, 0.6) is 0 Å². The lowest BCUT2D eigenvalue weighted by Crippen LogP contribution is -2.35. The van der Waals surface area contributed by atoms with Crippen LogP contribution in [0, 0.1) is 5.92 Å². The normalized spacial score (nSPS) is 15.8. The van der Waals surface area contributed by atoms with Crippen molar-refractivity contribution in [3.63, 3.8) is 0 Å². The lowest BCUT2D eigenvalue weighted by molar-refractivity contribution is -0.136. The first-order valence-electron chi connectivity index (χ1n) is 5.13. The van der Waals surface area contributed by atoms with Gasteiger partial charge in [-0.05, 0) is 32.6 Å². The molecule has 0 aromatic carbocycles. The third-order valence-corrected chi connectivity index (χ3v) is 2.34. The molecule has 0 radical (unpaired) electrons. The topological polar surface area (TPSA) is 29.5 Å². The quantitative estimate of drug-likeness (QED) is 0.624. The average Bonchev–Trinajstić information content (AvgIpc) is 2.93. The molecular weight excluding hydrogens is 166 g/mol. The predicted molar refractivity (Wildman–Crippen MR) is 51.5 cm³/mol. The van der Waals surface area contributed by atoms with Crippen molar-refractivity contribution < 1.29 is 9.53 Å². The van der Waals surface area contributed by atoms with Crippen LogP contribution in [0.4, 0.5) is 0 Å². The maximum atomic E-state index is 11.5. The first kappa shape index (κ1) is 10.5. The largest absolute Gasteiger partial charge is 0.372 e. The minimum atomic E-state index is 0.135. The number of hydrogen-bond donors (Lipinski definition) is 0. The standard InChI is InChI=1S/C10H19NO2/c1-3-11(7-9-5-6-9)10(12)8-13-4-2/h9H,3-8H2,1-2H3. The molecule has 1 fully saturated rings. The van der Waals surface area contributed by atoms with Crippen LogP contribution in [0.15, 0.2) is 0 Å². The van der Waals surface area contributed by atoms with Crippen molar-refractivity contribution in [2.24, 2.45) is 5.92 Å². The maximum absolute atomic E-state index is 11.5. The van der Waals surface area contributed by atoms with E-state index in [4.69, 9.17) is 4.74 Å². The van der Waals surface area contributed by atoms with Crippen LogP contribution in [0.3, 0.4) is 0 Å². The molecule has 1 aliphatic carbocycles. The van der Waals surface area contributed by atoms with E-state index in [1.165, 1.54) is 12.8 Å². The van der Waals surface area contributed by atoms with Crippen LogP contribution < -0.4 is 0 Å². The summed E-state index contributed by atoms with van der Waals surface area (Å²) in [5, 5.41) is 0.